The van der Waals surface area contributed by atoms with Crippen LogP contribution in [-0.2, 0) is 9.53 Å². The van der Waals surface area contributed by atoms with Crippen molar-refractivity contribution in [1.29, 1.82) is 0 Å². The number of anilines is 2. The molecule has 4 N–H and O–H groups in total. The van der Waals surface area contributed by atoms with Crippen molar-refractivity contribution in [3.8, 4) is 0 Å². The Kier molecular flexibility index (Phi) is 9.33. The number of amides is 3. The van der Waals surface area contributed by atoms with Crippen LogP contribution in [0, 0.1) is 0 Å². The summed E-state index contributed by atoms with van der Waals surface area (Å²) < 4.78 is 4.94. The minimum absolute atomic E-state index is 0.0717. The molecule has 160 valence electrons. The van der Waals surface area contributed by atoms with Crippen LogP contribution in [0.5, 0.6) is 0 Å². The van der Waals surface area contributed by atoms with Crippen LogP contribution in [0.2, 0.25) is 0 Å². The van der Waals surface area contributed by atoms with Gasteiger partial charge in [0.15, 0.2) is 0 Å². The Morgan fingerprint density at radius 3 is 1.97 bits per heavy atom. The molecule has 0 bridgehead atoms. The molecule has 0 heterocycles. The van der Waals surface area contributed by atoms with Gasteiger partial charge in [-0.3, -0.25) is 14.4 Å². The second-order valence-electron chi connectivity index (χ2n) is 6.52. The lowest BCUT2D eigenvalue weighted by molar-refractivity contribution is -0.114. The van der Waals surface area contributed by atoms with Crippen molar-refractivity contribution < 1.29 is 19.1 Å². The van der Waals surface area contributed by atoms with Crippen LogP contribution in [0.3, 0.4) is 0 Å². The van der Waals surface area contributed by atoms with Gasteiger partial charge in [0.25, 0.3) is 11.8 Å². The fourth-order valence-corrected chi connectivity index (χ4v) is 2.62. The van der Waals surface area contributed by atoms with Crippen LogP contribution < -0.4 is 21.3 Å². The summed E-state index contributed by atoms with van der Waals surface area (Å²) in [6, 6.07) is 13.6. The minimum atomic E-state index is -0.223. The Morgan fingerprint density at radius 1 is 0.833 bits per heavy atom. The summed E-state index contributed by atoms with van der Waals surface area (Å²) in [4.78, 5) is 35.9. The fourth-order valence-electron chi connectivity index (χ4n) is 2.62. The lowest BCUT2D eigenvalue weighted by atomic mass is 10.2. The van der Waals surface area contributed by atoms with Crippen molar-refractivity contribution in [1.82, 2.24) is 10.6 Å². The molecule has 0 aliphatic rings. The van der Waals surface area contributed by atoms with E-state index in [1.807, 2.05) is 6.92 Å². The molecule has 0 aliphatic carbocycles. The zero-order valence-corrected chi connectivity index (χ0v) is 17.3. The number of methoxy groups -OCH3 is 1. The summed E-state index contributed by atoms with van der Waals surface area (Å²) in [5.41, 5.74) is 2.42. The highest BCUT2D eigenvalue weighted by Crippen LogP contribution is 2.11. The maximum Gasteiger partial charge on any atom is 0.251 e. The Hall–Kier alpha value is -3.39. The number of ether oxygens (including phenoxy) is 1. The summed E-state index contributed by atoms with van der Waals surface area (Å²) in [6.07, 6.45) is 0.748. The fraction of sp³-hybridized carbons (Fsp3) is 0.318. The Morgan fingerprint density at radius 2 is 1.40 bits per heavy atom. The number of carbonyl (C=O) groups excluding carboxylic acids is 3. The largest absolute Gasteiger partial charge is 0.385 e. The van der Waals surface area contributed by atoms with Gasteiger partial charge in [0.1, 0.15) is 0 Å². The van der Waals surface area contributed by atoms with E-state index < -0.39 is 0 Å². The van der Waals surface area contributed by atoms with E-state index >= 15 is 0 Å². The summed E-state index contributed by atoms with van der Waals surface area (Å²) in [5, 5.41) is 11.3. The molecule has 30 heavy (non-hydrogen) atoms. The molecule has 0 unspecified atom stereocenters. The van der Waals surface area contributed by atoms with Crippen LogP contribution in [0.15, 0.2) is 48.5 Å². The molecule has 2 aromatic rings. The molecule has 2 rings (SSSR count). The normalized spacial score (nSPS) is 10.2. The third-order valence-corrected chi connectivity index (χ3v) is 4.18. The topological polar surface area (TPSA) is 109 Å². The van der Waals surface area contributed by atoms with E-state index in [0.29, 0.717) is 36.5 Å². The third-order valence-electron chi connectivity index (χ3n) is 4.18. The van der Waals surface area contributed by atoms with Gasteiger partial charge in [0.05, 0.1) is 6.54 Å². The van der Waals surface area contributed by atoms with Crippen LogP contribution in [0.25, 0.3) is 0 Å². The molecule has 0 radical (unpaired) electrons. The lowest BCUT2D eigenvalue weighted by Gasteiger charge is -2.09. The molecule has 8 nitrogen and oxygen atoms in total. The monoisotopic (exact) mass is 412 g/mol. The van der Waals surface area contributed by atoms with Crippen molar-refractivity contribution >= 4 is 29.1 Å². The predicted octanol–water partition coefficient (Wildman–Crippen LogP) is 2.25. The van der Waals surface area contributed by atoms with Gasteiger partial charge in [-0.25, -0.2) is 0 Å². The van der Waals surface area contributed by atoms with Crippen molar-refractivity contribution in [2.24, 2.45) is 0 Å². The molecule has 0 aliphatic heterocycles. The van der Waals surface area contributed by atoms with E-state index in [1.165, 1.54) is 0 Å². The number of nitrogens with one attached hydrogen (secondary N) is 4. The quantitative estimate of drug-likeness (QED) is 0.424. The van der Waals surface area contributed by atoms with E-state index in [0.717, 1.165) is 12.1 Å². The highest BCUT2D eigenvalue weighted by atomic mass is 16.5. The molecule has 0 aromatic heterocycles. The molecule has 3 amide bonds. The van der Waals surface area contributed by atoms with Gasteiger partial charge < -0.3 is 26.0 Å². The first kappa shape index (κ1) is 22.9. The average molecular weight is 412 g/mol. The van der Waals surface area contributed by atoms with Crippen molar-refractivity contribution in [2.45, 2.75) is 13.3 Å². The maximum absolute atomic E-state index is 12.1. The molecule has 2 aromatic carbocycles. The van der Waals surface area contributed by atoms with Gasteiger partial charge in [0, 0.05) is 49.3 Å². The molecule has 0 fully saturated rings. The highest BCUT2D eigenvalue weighted by Gasteiger charge is 2.07. The summed E-state index contributed by atoms with van der Waals surface area (Å²) in [6.45, 7) is 3.64. The van der Waals surface area contributed by atoms with E-state index in [2.05, 4.69) is 21.3 Å². The summed E-state index contributed by atoms with van der Waals surface area (Å²) in [5.74, 6) is -0.518. The highest BCUT2D eigenvalue weighted by molar-refractivity contribution is 5.97. The van der Waals surface area contributed by atoms with Gasteiger partial charge >= 0.3 is 0 Å². The Balaban J connectivity index is 1.78. The zero-order chi connectivity index (χ0) is 21.8. The lowest BCUT2D eigenvalue weighted by Crippen LogP contribution is -2.25. The van der Waals surface area contributed by atoms with E-state index in [4.69, 9.17) is 4.74 Å². The van der Waals surface area contributed by atoms with Gasteiger partial charge in [-0.15, -0.1) is 0 Å². The Bertz CT molecular complexity index is 835. The first-order valence-corrected chi connectivity index (χ1v) is 9.82. The molecule has 8 heteroatoms. The van der Waals surface area contributed by atoms with E-state index in [9.17, 15) is 14.4 Å². The predicted molar refractivity (Wildman–Crippen MR) is 117 cm³/mol. The maximum atomic E-state index is 12.1. The van der Waals surface area contributed by atoms with Gasteiger partial charge in [-0.05, 0) is 61.9 Å². The van der Waals surface area contributed by atoms with Crippen molar-refractivity contribution in [3.63, 3.8) is 0 Å². The number of carbonyl (C=O) groups is 3. The molecular weight excluding hydrogens is 384 g/mol. The number of hydrogen-bond acceptors (Lipinski definition) is 5. The Labute approximate surface area is 176 Å². The van der Waals surface area contributed by atoms with Crippen molar-refractivity contribution in [3.05, 3.63) is 59.7 Å². The first-order valence-electron chi connectivity index (χ1n) is 9.82. The number of benzene rings is 2. The smallest absolute Gasteiger partial charge is 0.251 e. The molecule has 0 spiro atoms. The minimum Gasteiger partial charge on any atom is -0.385 e. The van der Waals surface area contributed by atoms with Gasteiger partial charge in [-0.2, -0.15) is 0 Å². The van der Waals surface area contributed by atoms with Crippen molar-refractivity contribution in [2.75, 3.05) is 44.0 Å². The van der Waals surface area contributed by atoms with Crippen LogP contribution in [0.4, 0.5) is 11.4 Å². The third kappa shape index (κ3) is 7.56. The van der Waals surface area contributed by atoms with Crippen LogP contribution in [0.1, 0.15) is 34.1 Å². The standard InChI is InChI=1S/C22H28N4O4/c1-3-23-21(28)16-5-9-18(10-6-16)25-15-20(27)26-19-11-7-17(8-12-19)22(29)24-13-4-14-30-2/h5-12,25H,3-4,13-15H2,1-2H3,(H,23,28)(H,24,29)(H,26,27). The number of hydrogen-bond donors (Lipinski definition) is 4. The second-order valence-corrected chi connectivity index (χ2v) is 6.52. The second kappa shape index (κ2) is 12.2. The summed E-state index contributed by atoms with van der Waals surface area (Å²) in [7, 11) is 1.62. The van der Waals surface area contributed by atoms with E-state index in [-0.39, 0.29) is 24.3 Å². The molecule has 0 saturated heterocycles. The SMILES string of the molecule is CCNC(=O)c1ccc(NCC(=O)Nc2ccc(C(=O)NCCCOC)cc2)cc1. The molecule has 0 atom stereocenters. The number of rotatable bonds is 11. The summed E-state index contributed by atoms with van der Waals surface area (Å²) >= 11 is 0. The molecule has 0 saturated carbocycles. The average Bonchev–Trinajstić information content (AvgIpc) is 2.76. The van der Waals surface area contributed by atoms with E-state index in [1.54, 1.807) is 55.6 Å². The molecular formula is C22H28N4O4. The van der Waals surface area contributed by atoms with Crippen LogP contribution >= 0.6 is 0 Å². The zero-order valence-electron chi connectivity index (χ0n) is 17.3. The van der Waals surface area contributed by atoms with Crippen LogP contribution in [-0.4, -0.2) is 51.1 Å². The first-order chi connectivity index (χ1) is 14.5. The van der Waals surface area contributed by atoms with Gasteiger partial charge in [-0.1, -0.05) is 0 Å². The van der Waals surface area contributed by atoms with Gasteiger partial charge in [0.2, 0.25) is 5.91 Å².